The molecule has 7 nitrogen and oxygen atoms in total. The van der Waals surface area contributed by atoms with Crippen molar-refractivity contribution in [2.24, 2.45) is 0 Å². The number of fused-ring (bicyclic) bond motifs is 1. The summed E-state index contributed by atoms with van der Waals surface area (Å²) < 4.78 is 2.21. The zero-order chi connectivity index (χ0) is 29.6. The highest BCUT2D eigenvalue weighted by Gasteiger charge is 2.29. The number of rotatable bonds is 6. The Labute approximate surface area is 255 Å². The fourth-order valence-corrected chi connectivity index (χ4v) is 7.18. The highest BCUT2D eigenvalue weighted by molar-refractivity contribution is 9.10. The van der Waals surface area contributed by atoms with Crippen molar-refractivity contribution >= 4 is 71.2 Å². The van der Waals surface area contributed by atoms with E-state index in [1.54, 1.807) is 22.4 Å². The molecule has 0 saturated carbocycles. The summed E-state index contributed by atoms with van der Waals surface area (Å²) in [6, 6.07) is 10.5. The SMILES string of the molecule is Bc1cc2c(N3CCN(C(=C)C=C)CC3C)nc(=O)n(-c3c(SC)cc(C)nc3Br)c2nc1-c1c(B)cccc1C. The van der Waals surface area contributed by atoms with E-state index in [0.29, 0.717) is 28.3 Å². The summed E-state index contributed by atoms with van der Waals surface area (Å²) in [5.74, 6) is 0.656. The summed E-state index contributed by atoms with van der Waals surface area (Å²) in [5, 5.41) is 0.833. The molecule has 1 aromatic carbocycles. The van der Waals surface area contributed by atoms with E-state index < -0.39 is 0 Å². The van der Waals surface area contributed by atoms with Crippen LogP contribution in [-0.4, -0.2) is 72.0 Å². The number of halogens is 1. The molecule has 208 valence electrons. The van der Waals surface area contributed by atoms with Crippen LogP contribution < -0.4 is 21.5 Å². The summed E-state index contributed by atoms with van der Waals surface area (Å²) in [4.78, 5) is 34.1. The van der Waals surface area contributed by atoms with Crippen molar-refractivity contribution in [3.63, 3.8) is 0 Å². The Morgan fingerprint density at radius 1 is 1.15 bits per heavy atom. The zero-order valence-corrected chi connectivity index (χ0v) is 26.9. The van der Waals surface area contributed by atoms with Crippen LogP contribution in [0.4, 0.5) is 5.82 Å². The Balaban J connectivity index is 1.83. The summed E-state index contributed by atoms with van der Waals surface area (Å²) in [6.45, 7) is 16.4. The molecule has 0 spiro atoms. The molecule has 0 amide bonds. The van der Waals surface area contributed by atoms with E-state index in [2.05, 4.69) is 97.7 Å². The van der Waals surface area contributed by atoms with Gasteiger partial charge in [-0.15, -0.1) is 11.8 Å². The summed E-state index contributed by atoms with van der Waals surface area (Å²) >= 11 is 5.22. The number of thioether (sulfide) groups is 1. The van der Waals surface area contributed by atoms with Gasteiger partial charge in [-0.2, -0.15) is 4.98 Å². The Morgan fingerprint density at radius 2 is 1.90 bits per heavy atom. The number of aryl methyl sites for hydroxylation is 2. The van der Waals surface area contributed by atoms with Crippen LogP contribution in [-0.2, 0) is 0 Å². The second-order valence-corrected chi connectivity index (χ2v) is 12.2. The highest BCUT2D eigenvalue weighted by atomic mass is 79.9. The molecule has 0 N–H and O–H groups in total. The third kappa shape index (κ3) is 5.26. The van der Waals surface area contributed by atoms with Crippen molar-refractivity contribution in [2.45, 2.75) is 31.7 Å². The first-order valence-corrected chi connectivity index (χ1v) is 15.6. The van der Waals surface area contributed by atoms with E-state index in [-0.39, 0.29) is 11.7 Å². The number of pyridine rings is 2. The van der Waals surface area contributed by atoms with Crippen molar-refractivity contribution < 1.29 is 0 Å². The maximum atomic E-state index is 14.1. The van der Waals surface area contributed by atoms with E-state index >= 15 is 0 Å². The number of nitrogens with zero attached hydrogens (tertiary/aromatic N) is 6. The van der Waals surface area contributed by atoms with Crippen LogP contribution in [0.1, 0.15) is 18.2 Å². The van der Waals surface area contributed by atoms with Crippen LogP contribution in [0.5, 0.6) is 0 Å². The molecule has 1 unspecified atom stereocenters. The van der Waals surface area contributed by atoms with E-state index in [1.165, 1.54) is 0 Å². The van der Waals surface area contributed by atoms with Gasteiger partial charge in [0.2, 0.25) is 0 Å². The van der Waals surface area contributed by atoms with E-state index in [9.17, 15) is 4.79 Å². The van der Waals surface area contributed by atoms with Crippen molar-refractivity contribution in [3.05, 3.63) is 81.6 Å². The number of benzene rings is 1. The Kier molecular flexibility index (Phi) is 8.21. The lowest BCUT2D eigenvalue weighted by atomic mass is 9.81. The number of aromatic nitrogens is 4. The molecular weight excluding hydrogens is 594 g/mol. The minimum atomic E-state index is -0.386. The molecule has 5 rings (SSSR count). The van der Waals surface area contributed by atoms with Gasteiger partial charge in [-0.1, -0.05) is 48.3 Å². The number of anilines is 1. The maximum absolute atomic E-state index is 14.1. The second kappa shape index (κ2) is 11.5. The number of piperazine rings is 1. The third-order valence-electron chi connectivity index (χ3n) is 7.78. The van der Waals surface area contributed by atoms with Crippen LogP contribution >= 0.6 is 27.7 Å². The smallest absolute Gasteiger partial charge is 0.355 e. The molecule has 1 fully saturated rings. The molecule has 0 aliphatic carbocycles. The third-order valence-corrected chi connectivity index (χ3v) is 9.09. The summed E-state index contributed by atoms with van der Waals surface area (Å²) in [7, 11) is 4.18. The largest absolute Gasteiger partial charge is 0.368 e. The number of hydrogen-bond acceptors (Lipinski definition) is 7. The van der Waals surface area contributed by atoms with Crippen LogP contribution in [0.25, 0.3) is 28.0 Å². The monoisotopic (exact) mass is 626 g/mol. The molecule has 41 heavy (non-hydrogen) atoms. The van der Waals surface area contributed by atoms with Gasteiger partial charge < -0.3 is 9.80 Å². The van der Waals surface area contributed by atoms with Crippen molar-refractivity contribution in [2.75, 3.05) is 30.8 Å². The van der Waals surface area contributed by atoms with Gasteiger partial charge in [-0.05, 0) is 66.2 Å². The van der Waals surface area contributed by atoms with Crippen LogP contribution in [0.15, 0.2) is 69.6 Å². The first-order valence-electron chi connectivity index (χ1n) is 13.6. The maximum Gasteiger partial charge on any atom is 0.355 e. The first-order chi connectivity index (χ1) is 19.5. The topological polar surface area (TPSA) is 67.2 Å². The molecule has 0 bridgehead atoms. The van der Waals surface area contributed by atoms with Crippen LogP contribution in [0.2, 0.25) is 0 Å². The molecule has 0 radical (unpaired) electrons. The lowest BCUT2D eigenvalue weighted by Gasteiger charge is -2.42. The molecule has 1 atom stereocenters. The van der Waals surface area contributed by atoms with Gasteiger partial charge in [0.1, 0.15) is 26.1 Å². The zero-order valence-electron chi connectivity index (χ0n) is 24.5. The second-order valence-electron chi connectivity index (χ2n) is 10.6. The van der Waals surface area contributed by atoms with Gasteiger partial charge in [0.05, 0.1) is 16.8 Å². The minimum Gasteiger partial charge on any atom is -0.368 e. The van der Waals surface area contributed by atoms with Gasteiger partial charge in [0.25, 0.3) is 0 Å². The number of allylic oxidation sites excluding steroid dienone is 1. The van der Waals surface area contributed by atoms with Gasteiger partial charge >= 0.3 is 5.69 Å². The van der Waals surface area contributed by atoms with E-state index in [4.69, 9.17) is 9.97 Å². The van der Waals surface area contributed by atoms with E-state index in [0.717, 1.165) is 62.5 Å². The fourth-order valence-electron chi connectivity index (χ4n) is 5.71. The van der Waals surface area contributed by atoms with Gasteiger partial charge in [-0.25, -0.2) is 19.3 Å². The molecule has 11 heteroatoms. The van der Waals surface area contributed by atoms with E-state index in [1.807, 2.05) is 19.2 Å². The Bertz CT molecular complexity index is 1750. The Hall–Kier alpha value is -3.30. The van der Waals surface area contributed by atoms with Crippen molar-refractivity contribution in [1.82, 2.24) is 24.4 Å². The molecule has 4 heterocycles. The normalized spacial score (nSPS) is 15.4. The first kappa shape index (κ1) is 29.2. The van der Waals surface area contributed by atoms with Gasteiger partial charge in [0.15, 0.2) is 5.65 Å². The van der Waals surface area contributed by atoms with Gasteiger partial charge in [-0.3, -0.25) is 0 Å². The summed E-state index contributed by atoms with van der Waals surface area (Å²) in [6.07, 6.45) is 3.79. The number of hydrogen-bond donors (Lipinski definition) is 0. The minimum absolute atomic E-state index is 0.0968. The van der Waals surface area contributed by atoms with Gasteiger partial charge in [0, 0.05) is 42.0 Å². The van der Waals surface area contributed by atoms with Crippen molar-refractivity contribution in [3.8, 4) is 16.9 Å². The molecule has 1 aliphatic heterocycles. The molecule has 4 aromatic rings. The highest BCUT2D eigenvalue weighted by Crippen LogP contribution is 2.34. The quantitative estimate of drug-likeness (QED) is 0.141. The lowest BCUT2D eigenvalue weighted by molar-refractivity contribution is 0.291. The molecule has 1 aliphatic rings. The average Bonchev–Trinajstić information content (AvgIpc) is 2.93. The Morgan fingerprint density at radius 3 is 2.56 bits per heavy atom. The molecular formula is C30H33B2BrN6OS. The van der Waals surface area contributed by atoms with Crippen LogP contribution in [0.3, 0.4) is 0 Å². The fraction of sp³-hybridized carbons (Fsp3) is 0.267. The predicted molar refractivity (Wildman–Crippen MR) is 181 cm³/mol. The standard InChI is InChI=1S/C30H33B2BrN6OS/c1-7-18(4)37-11-12-38(19(5)15-37)28-20-14-22(32)25(24-16(2)9-8-10-21(24)31)35-29(20)39(30(40)36-28)26-23(41-6)13-17(3)34-27(26)33/h7-10,13-14,19H,1,4,11-12,15,31-32H2,2-3,5-6H3. The average molecular weight is 627 g/mol. The lowest BCUT2D eigenvalue weighted by Crippen LogP contribution is -2.52. The molecule has 3 aromatic heterocycles. The van der Waals surface area contributed by atoms with Crippen molar-refractivity contribution in [1.29, 1.82) is 0 Å². The predicted octanol–water partition coefficient (Wildman–Crippen LogP) is 2.67. The van der Waals surface area contributed by atoms with Crippen LogP contribution in [0, 0.1) is 13.8 Å². The molecule has 1 saturated heterocycles. The summed E-state index contributed by atoms with van der Waals surface area (Å²) in [5.41, 5.74) is 7.85.